The van der Waals surface area contributed by atoms with Crippen molar-refractivity contribution >= 4 is 11.9 Å². The van der Waals surface area contributed by atoms with E-state index in [2.05, 4.69) is 15.0 Å². The van der Waals surface area contributed by atoms with Crippen LogP contribution in [0.25, 0.3) is 0 Å². The molecule has 106 valence electrons. The van der Waals surface area contributed by atoms with Gasteiger partial charge in [0, 0.05) is 34.8 Å². The molecule has 1 aliphatic rings. The van der Waals surface area contributed by atoms with Crippen molar-refractivity contribution in [3.8, 4) is 6.01 Å². The van der Waals surface area contributed by atoms with Gasteiger partial charge in [-0.05, 0) is 12.8 Å². The minimum absolute atomic E-state index is 0.155. The van der Waals surface area contributed by atoms with Gasteiger partial charge in [0.2, 0.25) is 11.9 Å². The summed E-state index contributed by atoms with van der Waals surface area (Å²) in [5.41, 5.74) is 0. The van der Waals surface area contributed by atoms with Crippen molar-refractivity contribution in [1.29, 1.82) is 0 Å². The molecule has 0 radical (unpaired) electrons. The van der Waals surface area contributed by atoms with Gasteiger partial charge in [-0.2, -0.15) is 15.0 Å². The van der Waals surface area contributed by atoms with Crippen LogP contribution in [0, 0.1) is 0 Å². The standard InChI is InChI=1S/C12H21N5O2/c1-16(2)10-13-11(17(3)4)15-12(14-10)19-8-9-6-5-7-18-9/h9H,5-8H2,1-4H3. The monoisotopic (exact) mass is 267 g/mol. The lowest BCUT2D eigenvalue weighted by molar-refractivity contribution is 0.0645. The van der Waals surface area contributed by atoms with E-state index in [4.69, 9.17) is 9.47 Å². The molecule has 7 heteroatoms. The number of anilines is 2. The molecule has 0 aliphatic carbocycles. The average Bonchev–Trinajstić information content (AvgIpc) is 2.89. The maximum atomic E-state index is 5.63. The normalized spacial score (nSPS) is 18.4. The first-order chi connectivity index (χ1) is 9.06. The third-order valence-corrected chi connectivity index (χ3v) is 2.81. The molecule has 1 aliphatic heterocycles. The molecule has 0 bridgehead atoms. The minimum atomic E-state index is 0.155. The zero-order valence-corrected chi connectivity index (χ0v) is 12.0. The summed E-state index contributed by atoms with van der Waals surface area (Å²) in [6.45, 7) is 1.31. The Hall–Kier alpha value is -1.63. The minimum Gasteiger partial charge on any atom is -0.461 e. The van der Waals surface area contributed by atoms with Crippen LogP contribution in [0.3, 0.4) is 0 Å². The summed E-state index contributed by atoms with van der Waals surface area (Å²) in [7, 11) is 7.55. The molecule has 1 unspecified atom stereocenters. The van der Waals surface area contributed by atoms with Gasteiger partial charge in [0.1, 0.15) is 6.61 Å². The lowest BCUT2D eigenvalue weighted by Crippen LogP contribution is -2.21. The largest absolute Gasteiger partial charge is 0.461 e. The summed E-state index contributed by atoms with van der Waals surface area (Å²) in [6, 6.07) is 0.345. The zero-order chi connectivity index (χ0) is 13.8. The van der Waals surface area contributed by atoms with Crippen molar-refractivity contribution in [3.63, 3.8) is 0 Å². The van der Waals surface area contributed by atoms with Gasteiger partial charge in [0.15, 0.2) is 0 Å². The lowest BCUT2D eigenvalue weighted by Gasteiger charge is -2.17. The number of aromatic nitrogens is 3. The van der Waals surface area contributed by atoms with Gasteiger partial charge in [0.25, 0.3) is 0 Å². The third-order valence-electron chi connectivity index (χ3n) is 2.81. The van der Waals surface area contributed by atoms with Crippen molar-refractivity contribution in [2.24, 2.45) is 0 Å². The van der Waals surface area contributed by atoms with Crippen LogP contribution in [0.4, 0.5) is 11.9 Å². The smallest absolute Gasteiger partial charge is 0.323 e. The van der Waals surface area contributed by atoms with Crippen LogP contribution in [0.1, 0.15) is 12.8 Å². The van der Waals surface area contributed by atoms with E-state index < -0.39 is 0 Å². The fourth-order valence-corrected chi connectivity index (χ4v) is 1.74. The number of ether oxygens (including phenoxy) is 2. The van der Waals surface area contributed by atoms with Crippen LogP contribution < -0.4 is 14.5 Å². The maximum Gasteiger partial charge on any atom is 0.323 e. The molecule has 1 atom stereocenters. The molecule has 2 rings (SSSR count). The quantitative estimate of drug-likeness (QED) is 0.772. The van der Waals surface area contributed by atoms with E-state index in [9.17, 15) is 0 Å². The predicted molar refractivity (Wildman–Crippen MR) is 73.0 cm³/mol. The second kappa shape index (κ2) is 6.01. The van der Waals surface area contributed by atoms with E-state index in [0.29, 0.717) is 24.5 Å². The Morgan fingerprint density at radius 1 is 1.11 bits per heavy atom. The Morgan fingerprint density at radius 3 is 2.21 bits per heavy atom. The predicted octanol–water partition coefficient (Wildman–Crippen LogP) is 0.561. The van der Waals surface area contributed by atoms with Gasteiger partial charge in [-0.15, -0.1) is 0 Å². The molecule has 7 nitrogen and oxygen atoms in total. The van der Waals surface area contributed by atoms with Crippen LogP contribution in [0.15, 0.2) is 0 Å². The molecule has 1 fully saturated rings. The Labute approximate surface area is 113 Å². The SMILES string of the molecule is CN(C)c1nc(OCC2CCCO2)nc(N(C)C)n1. The fourth-order valence-electron chi connectivity index (χ4n) is 1.74. The molecule has 0 spiro atoms. The van der Waals surface area contributed by atoms with Gasteiger partial charge < -0.3 is 19.3 Å². The Bertz CT molecular complexity index is 392. The van der Waals surface area contributed by atoms with Crippen LogP contribution in [-0.4, -0.2) is 62.5 Å². The van der Waals surface area contributed by atoms with Gasteiger partial charge >= 0.3 is 6.01 Å². The molecule has 1 aromatic rings. The summed E-state index contributed by atoms with van der Waals surface area (Å²) >= 11 is 0. The van der Waals surface area contributed by atoms with Gasteiger partial charge in [-0.25, -0.2) is 0 Å². The zero-order valence-electron chi connectivity index (χ0n) is 12.0. The van der Waals surface area contributed by atoms with Crippen LogP contribution in [-0.2, 0) is 4.74 Å². The van der Waals surface area contributed by atoms with E-state index in [-0.39, 0.29) is 6.10 Å². The van der Waals surface area contributed by atoms with E-state index in [1.54, 1.807) is 0 Å². The number of nitrogens with zero attached hydrogens (tertiary/aromatic N) is 5. The van der Waals surface area contributed by atoms with Gasteiger partial charge in [0.05, 0.1) is 6.10 Å². The number of hydrogen-bond acceptors (Lipinski definition) is 7. The van der Waals surface area contributed by atoms with Crippen molar-refractivity contribution in [1.82, 2.24) is 15.0 Å². The summed E-state index contributed by atoms with van der Waals surface area (Å²) in [4.78, 5) is 16.5. The van der Waals surface area contributed by atoms with E-state index >= 15 is 0 Å². The summed E-state index contributed by atoms with van der Waals surface area (Å²) in [5.74, 6) is 1.17. The van der Waals surface area contributed by atoms with Gasteiger partial charge in [-0.1, -0.05) is 0 Å². The molecule has 0 N–H and O–H groups in total. The molecular weight excluding hydrogens is 246 g/mol. The van der Waals surface area contributed by atoms with Crippen molar-refractivity contribution in [2.75, 3.05) is 51.2 Å². The van der Waals surface area contributed by atoms with Crippen LogP contribution in [0.2, 0.25) is 0 Å². The molecule has 1 saturated heterocycles. The fraction of sp³-hybridized carbons (Fsp3) is 0.750. The number of rotatable bonds is 5. The highest BCUT2D eigenvalue weighted by Crippen LogP contribution is 2.17. The average molecular weight is 267 g/mol. The first kappa shape index (κ1) is 13.8. The molecule has 2 heterocycles. The maximum absolute atomic E-state index is 5.63. The van der Waals surface area contributed by atoms with Crippen molar-refractivity contribution in [2.45, 2.75) is 18.9 Å². The third kappa shape index (κ3) is 3.66. The summed E-state index contributed by atoms with van der Waals surface area (Å²) in [6.07, 6.45) is 2.28. The molecule has 0 saturated carbocycles. The van der Waals surface area contributed by atoms with E-state index in [1.165, 1.54) is 0 Å². The molecular formula is C12H21N5O2. The first-order valence-electron chi connectivity index (χ1n) is 6.41. The molecule has 0 aromatic carbocycles. The van der Waals surface area contributed by atoms with E-state index in [0.717, 1.165) is 19.4 Å². The molecule has 1 aromatic heterocycles. The second-order valence-corrected chi connectivity index (χ2v) is 4.95. The highest BCUT2D eigenvalue weighted by Gasteiger charge is 2.18. The summed E-state index contributed by atoms with van der Waals surface area (Å²) in [5, 5.41) is 0. The first-order valence-corrected chi connectivity index (χ1v) is 6.41. The number of hydrogen-bond donors (Lipinski definition) is 0. The lowest BCUT2D eigenvalue weighted by atomic mass is 10.2. The van der Waals surface area contributed by atoms with Gasteiger partial charge in [-0.3, -0.25) is 0 Å². The summed E-state index contributed by atoms with van der Waals surface area (Å²) < 4.78 is 11.1. The topological polar surface area (TPSA) is 63.6 Å². The highest BCUT2D eigenvalue weighted by molar-refractivity contribution is 5.37. The highest BCUT2D eigenvalue weighted by atomic mass is 16.5. The molecule has 0 amide bonds. The Kier molecular flexibility index (Phi) is 4.36. The Balaban J connectivity index is 2.09. The second-order valence-electron chi connectivity index (χ2n) is 4.95. The molecule has 19 heavy (non-hydrogen) atoms. The Morgan fingerprint density at radius 2 is 1.74 bits per heavy atom. The van der Waals surface area contributed by atoms with E-state index in [1.807, 2.05) is 38.0 Å². The van der Waals surface area contributed by atoms with Crippen molar-refractivity contribution < 1.29 is 9.47 Å². The van der Waals surface area contributed by atoms with Crippen LogP contribution >= 0.6 is 0 Å². The van der Waals surface area contributed by atoms with Crippen molar-refractivity contribution in [3.05, 3.63) is 0 Å². The van der Waals surface area contributed by atoms with Crippen LogP contribution in [0.5, 0.6) is 6.01 Å².